The molecule has 21 heavy (non-hydrogen) atoms. The van der Waals surface area contributed by atoms with Crippen LogP contribution in [0.25, 0.3) is 0 Å². The number of rotatable bonds is 5. The summed E-state index contributed by atoms with van der Waals surface area (Å²) in [5, 5.41) is 18.3. The molecule has 1 unspecified atom stereocenters. The number of alkyl halides is 3. The molecule has 0 aliphatic rings. The lowest BCUT2D eigenvalue weighted by molar-refractivity contribution is -0.207. The van der Waals surface area contributed by atoms with Crippen molar-refractivity contribution >= 4 is 0 Å². The van der Waals surface area contributed by atoms with Crippen molar-refractivity contribution in [3.63, 3.8) is 0 Å². The lowest BCUT2D eigenvalue weighted by atomic mass is 9.83. The molecule has 1 N–H and O–H groups in total. The van der Waals surface area contributed by atoms with Gasteiger partial charge in [-0.1, -0.05) is 24.3 Å². The molecule has 1 aromatic rings. The predicted molar refractivity (Wildman–Crippen MR) is 73.5 cm³/mol. The largest absolute Gasteiger partial charge is 0.415 e. The van der Waals surface area contributed by atoms with E-state index in [1.165, 1.54) is 11.9 Å². The molecule has 0 amide bonds. The quantitative estimate of drug-likeness (QED) is 0.909. The van der Waals surface area contributed by atoms with Crippen molar-refractivity contribution in [1.29, 1.82) is 5.26 Å². The van der Waals surface area contributed by atoms with Crippen LogP contribution in [0.2, 0.25) is 0 Å². The maximum Gasteiger partial charge on any atom is 0.415 e. The van der Waals surface area contributed by atoms with Gasteiger partial charge >= 0.3 is 6.18 Å². The van der Waals surface area contributed by atoms with Crippen LogP contribution in [0, 0.1) is 11.3 Å². The predicted octanol–water partition coefficient (Wildman–Crippen LogP) is 2.84. The van der Waals surface area contributed by atoms with Crippen LogP contribution in [0.4, 0.5) is 13.2 Å². The van der Waals surface area contributed by atoms with Gasteiger partial charge in [-0.05, 0) is 32.0 Å². The fourth-order valence-electron chi connectivity index (χ4n) is 2.08. The first-order valence-electron chi connectivity index (χ1n) is 6.51. The minimum atomic E-state index is -4.63. The summed E-state index contributed by atoms with van der Waals surface area (Å²) in [7, 11) is 1.51. The molecule has 0 saturated carbocycles. The summed E-state index contributed by atoms with van der Waals surface area (Å²) in [6, 6.07) is 9.34. The Labute approximate surface area is 122 Å². The maximum absolute atomic E-state index is 12.4. The number of benzene rings is 1. The summed E-state index contributed by atoms with van der Waals surface area (Å²) < 4.78 is 37.1. The zero-order valence-corrected chi connectivity index (χ0v) is 12.3. The molecule has 0 fully saturated rings. The van der Waals surface area contributed by atoms with Gasteiger partial charge in [0, 0.05) is 13.1 Å². The molecular weight excluding hydrogens is 281 g/mol. The second kappa shape index (κ2) is 6.46. The first kappa shape index (κ1) is 17.5. The van der Waals surface area contributed by atoms with Crippen molar-refractivity contribution < 1.29 is 18.3 Å². The van der Waals surface area contributed by atoms with E-state index < -0.39 is 24.2 Å². The lowest BCUT2D eigenvalue weighted by Crippen LogP contribution is -2.39. The van der Waals surface area contributed by atoms with Crippen LogP contribution in [0.1, 0.15) is 25.0 Å². The van der Waals surface area contributed by atoms with E-state index in [1.807, 2.05) is 0 Å². The molecule has 1 rings (SSSR count). The van der Waals surface area contributed by atoms with Crippen LogP contribution in [0.15, 0.2) is 24.3 Å². The van der Waals surface area contributed by atoms with E-state index >= 15 is 0 Å². The molecular formula is C15H19F3N2O. The third kappa shape index (κ3) is 4.73. The average Bonchev–Trinajstić information content (AvgIpc) is 2.37. The van der Waals surface area contributed by atoms with Crippen LogP contribution >= 0.6 is 0 Å². The SMILES string of the molecule is CN(Cc1ccccc1C(C)(C)C#N)CC(O)C(F)(F)F. The van der Waals surface area contributed by atoms with Crippen molar-refractivity contribution in [3.8, 4) is 6.07 Å². The molecule has 1 aromatic carbocycles. The highest BCUT2D eigenvalue weighted by atomic mass is 19.4. The number of nitrogens with zero attached hydrogens (tertiary/aromatic N) is 2. The molecule has 0 aliphatic heterocycles. The molecule has 0 spiro atoms. The molecule has 116 valence electrons. The highest BCUT2D eigenvalue weighted by molar-refractivity contribution is 5.37. The Morgan fingerprint density at radius 2 is 1.86 bits per heavy atom. The number of aliphatic hydroxyl groups is 1. The van der Waals surface area contributed by atoms with Gasteiger partial charge in [-0.25, -0.2) is 0 Å². The lowest BCUT2D eigenvalue weighted by Gasteiger charge is -2.25. The fourth-order valence-corrected chi connectivity index (χ4v) is 2.08. The van der Waals surface area contributed by atoms with E-state index in [1.54, 1.807) is 38.1 Å². The van der Waals surface area contributed by atoms with Crippen molar-refractivity contribution in [2.45, 2.75) is 38.1 Å². The first-order valence-corrected chi connectivity index (χ1v) is 6.51. The maximum atomic E-state index is 12.4. The second-order valence-electron chi connectivity index (χ2n) is 5.65. The summed E-state index contributed by atoms with van der Waals surface area (Å²) in [5.41, 5.74) is 0.835. The average molecular weight is 300 g/mol. The summed E-state index contributed by atoms with van der Waals surface area (Å²) in [5.74, 6) is 0. The van der Waals surface area contributed by atoms with Gasteiger partial charge in [-0.15, -0.1) is 0 Å². The molecule has 0 aliphatic carbocycles. The van der Waals surface area contributed by atoms with Crippen LogP contribution in [0.3, 0.4) is 0 Å². The van der Waals surface area contributed by atoms with E-state index in [-0.39, 0.29) is 6.54 Å². The Hall–Kier alpha value is -1.58. The van der Waals surface area contributed by atoms with E-state index in [0.717, 1.165) is 11.1 Å². The Kier molecular flexibility index (Phi) is 5.37. The van der Waals surface area contributed by atoms with Gasteiger partial charge < -0.3 is 5.11 Å². The molecule has 6 heteroatoms. The van der Waals surface area contributed by atoms with Gasteiger partial charge in [0.1, 0.15) is 0 Å². The van der Waals surface area contributed by atoms with Crippen molar-refractivity contribution in [3.05, 3.63) is 35.4 Å². The molecule has 0 heterocycles. The molecule has 3 nitrogen and oxygen atoms in total. The third-order valence-corrected chi connectivity index (χ3v) is 3.27. The zero-order chi connectivity index (χ0) is 16.3. The monoisotopic (exact) mass is 300 g/mol. The van der Waals surface area contributed by atoms with Gasteiger partial charge in [-0.3, -0.25) is 4.90 Å². The second-order valence-corrected chi connectivity index (χ2v) is 5.65. The van der Waals surface area contributed by atoms with Gasteiger partial charge in [0.15, 0.2) is 6.10 Å². The highest BCUT2D eigenvalue weighted by Crippen LogP contribution is 2.27. The van der Waals surface area contributed by atoms with Crippen LogP contribution in [0.5, 0.6) is 0 Å². The third-order valence-electron chi connectivity index (χ3n) is 3.27. The van der Waals surface area contributed by atoms with Gasteiger partial charge in [0.2, 0.25) is 0 Å². The molecule has 1 atom stereocenters. The van der Waals surface area contributed by atoms with Crippen molar-refractivity contribution in [2.24, 2.45) is 0 Å². The van der Waals surface area contributed by atoms with Crippen LogP contribution in [-0.2, 0) is 12.0 Å². The smallest absolute Gasteiger partial charge is 0.382 e. The molecule has 0 aromatic heterocycles. The number of halogens is 3. The van der Waals surface area contributed by atoms with E-state index in [2.05, 4.69) is 6.07 Å². The standard InChI is InChI=1S/C15H19F3N2O/c1-14(2,10-19)12-7-5-4-6-11(12)8-20(3)9-13(21)15(16,17)18/h4-7,13,21H,8-9H2,1-3H3. The van der Waals surface area contributed by atoms with E-state index in [4.69, 9.17) is 5.11 Å². The molecule has 0 radical (unpaired) electrons. The Balaban J connectivity index is 2.88. The Morgan fingerprint density at radius 1 is 1.29 bits per heavy atom. The van der Waals surface area contributed by atoms with E-state index in [9.17, 15) is 18.4 Å². The highest BCUT2D eigenvalue weighted by Gasteiger charge is 2.38. The van der Waals surface area contributed by atoms with Crippen molar-refractivity contribution in [2.75, 3.05) is 13.6 Å². The minimum absolute atomic E-state index is 0.231. The van der Waals surface area contributed by atoms with Crippen LogP contribution in [-0.4, -0.2) is 35.9 Å². The van der Waals surface area contributed by atoms with Gasteiger partial charge in [-0.2, -0.15) is 18.4 Å². The number of likely N-dealkylation sites (N-methyl/N-ethyl adjacent to an activating group) is 1. The summed E-state index contributed by atoms with van der Waals surface area (Å²) in [6.45, 7) is 3.24. The van der Waals surface area contributed by atoms with Gasteiger partial charge in [0.05, 0.1) is 11.5 Å². The summed E-state index contributed by atoms with van der Waals surface area (Å²) in [4.78, 5) is 1.39. The number of hydrogen-bond acceptors (Lipinski definition) is 3. The summed E-state index contributed by atoms with van der Waals surface area (Å²) >= 11 is 0. The number of aliphatic hydroxyl groups excluding tert-OH is 1. The topological polar surface area (TPSA) is 47.3 Å². The number of nitriles is 1. The van der Waals surface area contributed by atoms with E-state index in [0.29, 0.717) is 0 Å². The molecule has 0 saturated heterocycles. The molecule has 0 bridgehead atoms. The first-order chi connectivity index (χ1) is 9.58. The minimum Gasteiger partial charge on any atom is -0.382 e. The number of hydrogen-bond donors (Lipinski definition) is 1. The Bertz CT molecular complexity index is 520. The Morgan fingerprint density at radius 3 is 2.38 bits per heavy atom. The zero-order valence-electron chi connectivity index (χ0n) is 12.3. The summed E-state index contributed by atoms with van der Waals surface area (Å²) in [6.07, 6.45) is -7.00. The normalized spacial score (nSPS) is 14.0. The van der Waals surface area contributed by atoms with Crippen LogP contribution < -0.4 is 0 Å². The fraction of sp³-hybridized carbons (Fsp3) is 0.533. The van der Waals surface area contributed by atoms with Gasteiger partial charge in [0.25, 0.3) is 0 Å². The van der Waals surface area contributed by atoms with Crippen molar-refractivity contribution in [1.82, 2.24) is 4.90 Å².